The number of pyridine rings is 1. The van der Waals surface area contributed by atoms with Gasteiger partial charge >= 0.3 is 0 Å². The molecule has 1 aromatic heterocycles. The largest absolute Gasteiger partial charge is 0.355 e. The van der Waals surface area contributed by atoms with Gasteiger partial charge < -0.3 is 15.1 Å². The number of hydrogen-bond donors (Lipinski definition) is 1. The van der Waals surface area contributed by atoms with E-state index in [0.717, 1.165) is 38.2 Å². The highest BCUT2D eigenvalue weighted by Crippen LogP contribution is 2.17. The van der Waals surface area contributed by atoms with E-state index < -0.39 is 0 Å². The van der Waals surface area contributed by atoms with E-state index in [4.69, 9.17) is 0 Å². The van der Waals surface area contributed by atoms with Crippen LogP contribution >= 0.6 is 0 Å². The maximum atomic E-state index is 12.1. The van der Waals surface area contributed by atoms with Crippen molar-refractivity contribution in [2.24, 2.45) is 0 Å². The second-order valence-corrected chi connectivity index (χ2v) is 5.96. The van der Waals surface area contributed by atoms with E-state index in [-0.39, 0.29) is 24.4 Å². The lowest BCUT2D eigenvalue weighted by atomic mass is 10.1. The minimum atomic E-state index is -0.0527. The molecule has 1 atom stereocenters. The molecule has 6 heteroatoms. The van der Waals surface area contributed by atoms with Crippen molar-refractivity contribution >= 4 is 17.6 Å². The molecule has 6 nitrogen and oxygen atoms in total. The van der Waals surface area contributed by atoms with Crippen LogP contribution in [0, 0.1) is 0 Å². The molecule has 118 valence electrons. The number of carbonyl (C=O) groups is 2. The Morgan fingerprint density at radius 2 is 2.23 bits per heavy atom. The third kappa shape index (κ3) is 3.55. The summed E-state index contributed by atoms with van der Waals surface area (Å²) in [5.74, 6) is 0.994. The van der Waals surface area contributed by atoms with E-state index in [0.29, 0.717) is 13.0 Å². The number of carbonyl (C=O) groups excluding carboxylic acids is 2. The number of nitrogens with zero attached hydrogens (tertiary/aromatic N) is 3. The Balaban J connectivity index is 1.52. The molecular weight excluding hydrogens is 280 g/mol. The van der Waals surface area contributed by atoms with Crippen LogP contribution in [0.2, 0.25) is 0 Å². The molecule has 0 aliphatic carbocycles. The first-order chi connectivity index (χ1) is 10.7. The van der Waals surface area contributed by atoms with Crippen molar-refractivity contribution in [3.05, 3.63) is 24.4 Å². The summed E-state index contributed by atoms with van der Waals surface area (Å²) in [6, 6.07) is 6.00. The molecule has 0 aromatic carbocycles. The van der Waals surface area contributed by atoms with Crippen LogP contribution in [0.3, 0.4) is 0 Å². The van der Waals surface area contributed by atoms with Crippen LogP contribution in [-0.4, -0.2) is 53.9 Å². The molecule has 0 spiro atoms. The first kappa shape index (κ1) is 14.8. The van der Waals surface area contributed by atoms with Gasteiger partial charge in [-0.1, -0.05) is 6.07 Å². The quantitative estimate of drug-likeness (QED) is 0.893. The molecule has 2 aliphatic rings. The average Bonchev–Trinajstić information content (AvgIpc) is 2.93. The first-order valence-corrected chi connectivity index (χ1v) is 7.95. The van der Waals surface area contributed by atoms with E-state index in [2.05, 4.69) is 15.2 Å². The fraction of sp³-hybridized carbons (Fsp3) is 0.562. The molecule has 3 rings (SSSR count). The number of amides is 2. The number of piperidine rings is 1. The van der Waals surface area contributed by atoms with Crippen molar-refractivity contribution < 1.29 is 9.59 Å². The second kappa shape index (κ2) is 6.77. The van der Waals surface area contributed by atoms with E-state index in [9.17, 15) is 9.59 Å². The zero-order chi connectivity index (χ0) is 15.4. The van der Waals surface area contributed by atoms with Crippen molar-refractivity contribution in [2.75, 3.05) is 31.1 Å². The molecule has 0 unspecified atom stereocenters. The lowest BCUT2D eigenvalue weighted by Gasteiger charge is -2.34. The van der Waals surface area contributed by atoms with Gasteiger partial charge in [-0.05, 0) is 31.4 Å². The zero-order valence-corrected chi connectivity index (χ0v) is 12.7. The summed E-state index contributed by atoms with van der Waals surface area (Å²) in [6.45, 7) is 2.64. The molecule has 0 radical (unpaired) electrons. The van der Waals surface area contributed by atoms with Crippen LogP contribution in [0.15, 0.2) is 24.4 Å². The maximum absolute atomic E-state index is 12.1. The number of nitrogens with one attached hydrogen (secondary N) is 1. The summed E-state index contributed by atoms with van der Waals surface area (Å²) in [6.07, 6.45) is 5.23. The Hall–Kier alpha value is -2.11. The Morgan fingerprint density at radius 3 is 2.95 bits per heavy atom. The van der Waals surface area contributed by atoms with E-state index in [1.54, 1.807) is 11.1 Å². The molecule has 2 fully saturated rings. The summed E-state index contributed by atoms with van der Waals surface area (Å²) in [5, 5.41) is 3.06. The average molecular weight is 302 g/mol. The van der Waals surface area contributed by atoms with Crippen LogP contribution in [0.25, 0.3) is 0 Å². The molecule has 22 heavy (non-hydrogen) atoms. The normalized spacial score (nSPS) is 22.0. The Labute approximate surface area is 130 Å². The molecule has 0 bridgehead atoms. The van der Waals surface area contributed by atoms with Crippen molar-refractivity contribution in [3.8, 4) is 0 Å². The Bertz CT molecular complexity index is 534. The van der Waals surface area contributed by atoms with Gasteiger partial charge in [-0.15, -0.1) is 0 Å². The molecular formula is C16H22N4O2. The van der Waals surface area contributed by atoms with Gasteiger partial charge in [-0.25, -0.2) is 4.98 Å². The second-order valence-electron chi connectivity index (χ2n) is 5.96. The van der Waals surface area contributed by atoms with Gasteiger partial charge in [0.15, 0.2) is 0 Å². The predicted molar refractivity (Wildman–Crippen MR) is 83.4 cm³/mol. The van der Waals surface area contributed by atoms with E-state index in [1.807, 2.05) is 18.2 Å². The number of aromatic nitrogens is 1. The SMILES string of the molecule is O=C(CN1CCCC1=O)N[C@@H]1CCCN(c2ccccn2)C1. The number of hydrogen-bond acceptors (Lipinski definition) is 4. The minimum absolute atomic E-state index is 0.0527. The van der Waals surface area contributed by atoms with Crippen molar-refractivity contribution in [2.45, 2.75) is 31.7 Å². The molecule has 0 saturated carbocycles. The van der Waals surface area contributed by atoms with Crippen LogP contribution in [0.1, 0.15) is 25.7 Å². The molecule has 1 N–H and O–H groups in total. The summed E-state index contributed by atoms with van der Waals surface area (Å²) in [7, 11) is 0. The minimum Gasteiger partial charge on any atom is -0.355 e. The fourth-order valence-electron chi connectivity index (χ4n) is 3.16. The zero-order valence-electron chi connectivity index (χ0n) is 12.7. The van der Waals surface area contributed by atoms with E-state index in [1.165, 1.54) is 0 Å². The van der Waals surface area contributed by atoms with Crippen molar-refractivity contribution in [1.82, 2.24) is 15.2 Å². The molecule has 2 saturated heterocycles. The monoisotopic (exact) mass is 302 g/mol. The molecule has 2 aliphatic heterocycles. The standard InChI is InChI=1S/C16H22N4O2/c21-15(12-20-10-4-7-16(20)22)18-13-5-3-9-19(11-13)14-6-1-2-8-17-14/h1-2,6,8,13H,3-5,7,9-12H2,(H,18,21)/t13-/m1/s1. The molecule has 2 amide bonds. The highest BCUT2D eigenvalue weighted by Gasteiger charge is 2.25. The molecule has 3 heterocycles. The van der Waals surface area contributed by atoms with Crippen LogP contribution in [-0.2, 0) is 9.59 Å². The van der Waals surface area contributed by atoms with Gasteiger partial charge in [-0.3, -0.25) is 9.59 Å². The lowest BCUT2D eigenvalue weighted by molar-refractivity contribution is -0.133. The van der Waals surface area contributed by atoms with Gasteiger partial charge in [0.1, 0.15) is 5.82 Å². The van der Waals surface area contributed by atoms with Gasteiger partial charge in [-0.2, -0.15) is 0 Å². The first-order valence-electron chi connectivity index (χ1n) is 7.95. The van der Waals surface area contributed by atoms with Crippen molar-refractivity contribution in [3.63, 3.8) is 0 Å². The summed E-state index contributed by atoms with van der Waals surface area (Å²) in [5.41, 5.74) is 0. The lowest BCUT2D eigenvalue weighted by Crippen LogP contribution is -2.50. The predicted octanol–water partition coefficient (Wildman–Crippen LogP) is 0.789. The summed E-state index contributed by atoms with van der Waals surface area (Å²) in [4.78, 5) is 31.9. The number of rotatable bonds is 4. The van der Waals surface area contributed by atoms with Gasteiger partial charge in [0.05, 0.1) is 6.54 Å². The fourth-order valence-corrected chi connectivity index (χ4v) is 3.16. The topological polar surface area (TPSA) is 65.5 Å². The van der Waals surface area contributed by atoms with Crippen LogP contribution in [0.5, 0.6) is 0 Å². The highest BCUT2D eigenvalue weighted by atomic mass is 16.2. The van der Waals surface area contributed by atoms with Crippen LogP contribution < -0.4 is 10.2 Å². The van der Waals surface area contributed by atoms with E-state index >= 15 is 0 Å². The third-order valence-corrected chi connectivity index (χ3v) is 4.27. The smallest absolute Gasteiger partial charge is 0.239 e. The summed E-state index contributed by atoms with van der Waals surface area (Å²) >= 11 is 0. The maximum Gasteiger partial charge on any atom is 0.239 e. The number of anilines is 1. The van der Waals surface area contributed by atoms with Gasteiger partial charge in [0.2, 0.25) is 11.8 Å². The van der Waals surface area contributed by atoms with Gasteiger partial charge in [0, 0.05) is 38.3 Å². The highest BCUT2D eigenvalue weighted by molar-refractivity contribution is 5.86. The van der Waals surface area contributed by atoms with Gasteiger partial charge in [0.25, 0.3) is 0 Å². The summed E-state index contributed by atoms with van der Waals surface area (Å²) < 4.78 is 0. The Morgan fingerprint density at radius 1 is 1.32 bits per heavy atom. The number of likely N-dealkylation sites (tertiary alicyclic amines) is 1. The Kier molecular flexibility index (Phi) is 4.56. The third-order valence-electron chi connectivity index (χ3n) is 4.27. The van der Waals surface area contributed by atoms with Crippen LogP contribution in [0.4, 0.5) is 5.82 Å². The molecule has 1 aromatic rings. The van der Waals surface area contributed by atoms with Crippen molar-refractivity contribution in [1.29, 1.82) is 0 Å².